The van der Waals surface area contributed by atoms with Crippen molar-refractivity contribution >= 4 is 49.4 Å². The van der Waals surface area contributed by atoms with Gasteiger partial charge in [-0.1, -0.05) is 34.1 Å². The van der Waals surface area contributed by atoms with Crippen LogP contribution in [0.3, 0.4) is 0 Å². The van der Waals surface area contributed by atoms with Crippen LogP contribution < -0.4 is 11.2 Å². The Balaban J connectivity index is 2.15. The lowest BCUT2D eigenvalue weighted by Crippen LogP contribution is -1.96. The number of anilines is 2. The zero-order valence-electron chi connectivity index (χ0n) is 9.40. The predicted molar refractivity (Wildman–Crippen MR) is 83.9 cm³/mol. The van der Waals surface area contributed by atoms with Crippen LogP contribution in [0.2, 0.25) is 0 Å². The molecule has 92 valence electrons. The molecule has 0 atom stereocenters. The van der Waals surface area contributed by atoms with Crippen LogP contribution in [0.15, 0.2) is 56.5 Å². The van der Waals surface area contributed by atoms with Gasteiger partial charge in [0.2, 0.25) is 0 Å². The monoisotopic (exact) mass is 367 g/mol. The highest BCUT2D eigenvalue weighted by Gasteiger charge is 2.02. The first-order valence-electron chi connectivity index (χ1n) is 5.25. The van der Waals surface area contributed by atoms with Crippen molar-refractivity contribution in [3.63, 3.8) is 0 Å². The second kappa shape index (κ2) is 6.02. The maximum Gasteiger partial charge on any atom is 0.0566 e. The van der Waals surface area contributed by atoms with E-state index in [1.54, 1.807) is 6.21 Å². The first kappa shape index (κ1) is 13.1. The number of nitrogens with two attached hydrogens (primary N) is 1. The summed E-state index contributed by atoms with van der Waals surface area (Å²) < 4.78 is 1.79. The van der Waals surface area contributed by atoms with E-state index in [-0.39, 0.29) is 0 Å². The molecule has 0 aliphatic carbocycles. The van der Waals surface area contributed by atoms with Crippen molar-refractivity contribution in [3.05, 3.63) is 57.0 Å². The van der Waals surface area contributed by atoms with E-state index in [2.05, 4.69) is 42.4 Å². The molecule has 0 aliphatic rings. The Hall–Kier alpha value is -1.33. The highest BCUT2D eigenvalue weighted by Crippen LogP contribution is 2.27. The van der Waals surface area contributed by atoms with Crippen molar-refractivity contribution in [2.75, 3.05) is 11.2 Å². The summed E-state index contributed by atoms with van der Waals surface area (Å²) >= 11 is 6.81. The quantitative estimate of drug-likeness (QED) is 0.483. The van der Waals surface area contributed by atoms with Gasteiger partial charge in [-0.15, -0.1) is 0 Å². The van der Waals surface area contributed by atoms with Gasteiger partial charge in [0.15, 0.2) is 0 Å². The van der Waals surface area contributed by atoms with Crippen molar-refractivity contribution in [2.45, 2.75) is 0 Å². The van der Waals surface area contributed by atoms with Crippen molar-refractivity contribution in [2.24, 2.45) is 5.10 Å². The number of hydrogen-bond donors (Lipinski definition) is 2. The van der Waals surface area contributed by atoms with Gasteiger partial charge in [-0.25, -0.2) is 0 Å². The summed E-state index contributed by atoms with van der Waals surface area (Å²) in [6, 6.07) is 13.5. The summed E-state index contributed by atoms with van der Waals surface area (Å²) in [6.45, 7) is 0. The summed E-state index contributed by atoms with van der Waals surface area (Å²) in [5.74, 6) is 0. The number of nitrogen functional groups attached to an aromatic ring is 1. The number of para-hydroxylation sites is 1. The molecule has 5 heteroatoms. The number of nitrogens with zero attached hydrogens (tertiary/aromatic N) is 1. The fraction of sp³-hybridized carbons (Fsp3) is 0. The van der Waals surface area contributed by atoms with Crippen LogP contribution in [0.4, 0.5) is 11.4 Å². The van der Waals surface area contributed by atoms with Crippen molar-refractivity contribution < 1.29 is 0 Å². The van der Waals surface area contributed by atoms with Gasteiger partial charge in [0.1, 0.15) is 0 Å². The molecule has 0 spiro atoms. The molecule has 0 unspecified atom stereocenters. The molecule has 0 aliphatic heterocycles. The number of hydrazone groups is 1. The third-order valence-electron chi connectivity index (χ3n) is 2.30. The molecular weight excluding hydrogens is 358 g/mol. The van der Waals surface area contributed by atoms with Crippen LogP contribution >= 0.6 is 31.9 Å². The molecule has 0 bridgehead atoms. The summed E-state index contributed by atoms with van der Waals surface area (Å²) in [7, 11) is 0. The molecule has 0 radical (unpaired) electrons. The Kier molecular flexibility index (Phi) is 4.38. The smallest absolute Gasteiger partial charge is 0.0566 e. The van der Waals surface area contributed by atoms with Crippen molar-refractivity contribution in [1.29, 1.82) is 0 Å². The van der Waals surface area contributed by atoms with E-state index in [0.29, 0.717) is 5.69 Å². The molecule has 2 aromatic rings. The molecule has 0 aromatic heterocycles. The van der Waals surface area contributed by atoms with Crippen LogP contribution in [0.25, 0.3) is 0 Å². The maximum absolute atomic E-state index is 5.94. The van der Waals surface area contributed by atoms with Gasteiger partial charge in [-0.3, -0.25) is 5.43 Å². The molecule has 0 fully saturated rings. The van der Waals surface area contributed by atoms with E-state index in [1.165, 1.54) is 0 Å². The van der Waals surface area contributed by atoms with E-state index < -0.39 is 0 Å². The Labute approximate surface area is 122 Å². The zero-order valence-corrected chi connectivity index (χ0v) is 12.6. The minimum absolute atomic E-state index is 0.664. The molecule has 3 nitrogen and oxygen atoms in total. The SMILES string of the molecule is Nc1c(Br)cc(Br)cc1C=NNc1ccccc1. The largest absolute Gasteiger partial charge is 0.397 e. The first-order valence-corrected chi connectivity index (χ1v) is 6.84. The highest BCUT2D eigenvalue weighted by molar-refractivity contribution is 9.11. The first-order chi connectivity index (χ1) is 8.66. The minimum atomic E-state index is 0.664. The summed E-state index contributed by atoms with van der Waals surface area (Å²) in [4.78, 5) is 0. The van der Waals surface area contributed by atoms with Gasteiger partial charge in [0.05, 0.1) is 17.6 Å². The Morgan fingerprint density at radius 1 is 1.11 bits per heavy atom. The fourth-order valence-electron chi connectivity index (χ4n) is 1.40. The normalized spacial score (nSPS) is 10.8. The summed E-state index contributed by atoms with van der Waals surface area (Å²) in [5.41, 5.74) is 11.3. The average molecular weight is 369 g/mol. The number of hydrogen-bond acceptors (Lipinski definition) is 3. The van der Waals surface area contributed by atoms with E-state index in [9.17, 15) is 0 Å². The van der Waals surface area contributed by atoms with Gasteiger partial charge < -0.3 is 5.73 Å². The third kappa shape index (κ3) is 3.34. The average Bonchev–Trinajstić information content (AvgIpc) is 2.36. The van der Waals surface area contributed by atoms with Crippen LogP contribution in [0.1, 0.15) is 5.56 Å². The molecular formula is C13H11Br2N3. The zero-order chi connectivity index (χ0) is 13.0. The van der Waals surface area contributed by atoms with E-state index >= 15 is 0 Å². The molecule has 18 heavy (non-hydrogen) atoms. The topological polar surface area (TPSA) is 50.4 Å². The second-order valence-corrected chi connectivity index (χ2v) is 5.40. The Morgan fingerprint density at radius 2 is 1.83 bits per heavy atom. The van der Waals surface area contributed by atoms with E-state index in [1.807, 2.05) is 42.5 Å². The molecule has 3 N–H and O–H groups in total. The van der Waals surface area contributed by atoms with Gasteiger partial charge >= 0.3 is 0 Å². The van der Waals surface area contributed by atoms with Gasteiger partial charge in [-0.2, -0.15) is 5.10 Å². The van der Waals surface area contributed by atoms with Gasteiger partial charge in [0, 0.05) is 14.5 Å². The number of rotatable bonds is 3. The summed E-state index contributed by atoms with van der Waals surface area (Å²) in [5, 5.41) is 4.16. The second-order valence-electron chi connectivity index (χ2n) is 3.63. The summed E-state index contributed by atoms with van der Waals surface area (Å²) in [6.07, 6.45) is 1.69. The fourth-order valence-corrected chi connectivity index (χ4v) is 2.66. The predicted octanol–water partition coefficient (Wildman–Crippen LogP) is 4.24. The highest BCUT2D eigenvalue weighted by atomic mass is 79.9. The number of nitrogens with one attached hydrogen (secondary N) is 1. The van der Waals surface area contributed by atoms with Crippen LogP contribution in [-0.2, 0) is 0 Å². The molecule has 0 heterocycles. The molecule has 2 rings (SSSR count). The number of benzene rings is 2. The van der Waals surface area contributed by atoms with E-state index in [4.69, 9.17) is 5.73 Å². The molecule has 0 saturated carbocycles. The number of halogens is 2. The standard InChI is InChI=1S/C13H11Br2N3/c14-10-6-9(13(16)12(15)7-10)8-17-18-11-4-2-1-3-5-11/h1-8,18H,16H2. The lowest BCUT2D eigenvalue weighted by Gasteiger charge is -2.04. The lowest BCUT2D eigenvalue weighted by molar-refractivity contribution is 1.35. The van der Waals surface area contributed by atoms with Crippen LogP contribution in [-0.4, -0.2) is 6.21 Å². The molecule has 2 aromatic carbocycles. The lowest BCUT2D eigenvalue weighted by atomic mass is 10.2. The van der Waals surface area contributed by atoms with Crippen molar-refractivity contribution in [1.82, 2.24) is 0 Å². The molecule has 0 amide bonds. The maximum atomic E-state index is 5.94. The Morgan fingerprint density at radius 3 is 2.56 bits per heavy atom. The minimum Gasteiger partial charge on any atom is -0.397 e. The van der Waals surface area contributed by atoms with Crippen molar-refractivity contribution in [3.8, 4) is 0 Å². The van der Waals surface area contributed by atoms with Gasteiger partial charge in [-0.05, 0) is 40.2 Å². The molecule has 0 saturated heterocycles. The third-order valence-corrected chi connectivity index (χ3v) is 3.41. The van der Waals surface area contributed by atoms with Crippen LogP contribution in [0, 0.1) is 0 Å². The van der Waals surface area contributed by atoms with Crippen LogP contribution in [0.5, 0.6) is 0 Å². The van der Waals surface area contributed by atoms with Gasteiger partial charge in [0.25, 0.3) is 0 Å². The Bertz CT molecular complexity index is 568. The van der Waals surface area contributed by atoms with E-state index in [0.717, 1.165) is 20.2 Å².